The van der Waals surface area contributed by atoms with E-state index in [1.54, 1.807) is 0 Å². The van der Waals surface area contributed by atoms with E-state index in [9.17, 15) is 17.6 Å². The van der Waals surface area contributed by atoms with Crippen LogP contribution in [-0.2, 0) is 19.6 Å². The van der Waals surface area contributed by atoms with Gasteiger partial charge in [0.15, 0.2) is 0 Å². The van der Waals surface area contributed by atoms with E-state index in [1.165, 1.54) is 16.4 Å². The number of rotatable bonds is 8. The van der Waals surface area contributed by atoms with Crippen molar-refractivity contribution in [2.75, 3.05) is 26.3 Å². The first-order chi connectivity index (χ1) is 11.5. The van der Waals surface area contributed by atoms with Crippen LogP contribution in [0, 0.1) is 5.82 Å². The van der Waals surface area contributed by atoms with E-state index in [2.05, 4.69) is 5.32 Å². The van der Waals surface area contributed by atoms with Gasteiger partial charge in [0.2, 0.25) is 15.9 Å². The highest BCUT2D eigenvalue weighted by atomic mass is 32.2. The summed E-state index contributed by atoms with van der Waals surface area (Å²) in [5.74, 6) is -0.798. The molecule has 1 aliphatic rings. The zero-order valence-corrected chi connectivity index (χ0v) is 14.5. The van der Waals surface area contributed by atoms with E-state index >= 15 is 0 Å². The molecule has 1 fully saturated rings. The van der Waals surface area contributed by atoms with Crippen LogP contribution in [0.25, 0.3) is 0 Å². The minimum Gasteiger partial charge on any atom is -0.382 e. The second-order valence-electron chi connectivity index (χ2n) is 5.57. The molecule has 1 amide bonds. The third-order valence-electron chi connectivity index (χ3n) is 3.90. The van der Waals surface area contributed by atoms with Crippen LogP contribution in [0.3, 0.4) is 0 Å². The first-order valence-corrected chi connectivity index (χ1v) is 9.53. The van der Waals surface area contributed by atoms with E-state index in [-0.39, 0.29) is 17.3 Å². The molecule has 0 aliphatic carbocycles. The van der Waals surface area contributed by atoms with Crippen LogP contribution in [0.2, 0.25) is 0 Å². The maximum absolute atomic E-state index is 13.0. The lowest BCUT2D eigenvalue weighted by molar-refractivity contribution is -0.124. The molecular formula is C16H23FN2O4S. The second-order valence-corrected chi connectivity index (χ2v) is 7.46. The van der Waals surface area contributed by atoms with Crippen molar-refractivity contribution in [1.29, 1.82) is 0 Å². The van der Waals surface area contributed by atoms with Crippen LogP contribution in [0.15, 0.2) is 29.2 Å². The molecule has 134 valence electrons. The van der Waals surface area contributed by atoms with Crippen LogP contribution < -0.4 is 5.32 Å². The largest absolute Gasteiger partial charge is 0.382 e. The molecule has 6 nitrogen and oxygen atoms in total. The standard InChI is InChI=1S/C16H23FN2O4S/c1-2-23-12-4-10-18-16(20)15-5-3-11-19(15)24(21,22)14-8-6-13(17)7-9-14/h6-9,15H,2-5,10-12H2,1H3,(H,18,20). The molecule has 0 aromatic heterocycles. The van der Waals surface area contributed by atoms with Gasteiger partial charge in [-0.15, -0.1) is 0 Å². The summed E-state index contributed by atoms with van der Waals surface area (Å²) in [4.78, 5) is 12.3. The molecule has 1 saturated heterocycles. The van der Waals surface area contributed by atoms with Gasteiger partial charge in [-0.2, -0.15) is 4.31 Å². The molecule has 1 aromatic carbocycles. The van der Waals surface area contributed by atoms with Crippen LogP contribution >= 0.6 is 0 Å². The summed E-state index contributed by atoms with van der Waals surface area (Å²) in [6.07, 6.45) is 1.78. The van der Waals surface area contributed by atoms with Crippen LogP contribution in [0.4, 0.5) is 4.39 Å². The summed E-state index contributed by atoms with van der Waals surface area (Å²) in [7, 11) is -3.81. The highest BCUT2D eigenvalue weighted by Gasteiger charge is 2.39. The molecule has 1 aromatic rings. The SMILES string of the molecule is CCOCCCNC(=O)C1CCCN1S(=O)(=O)c1ccc(F)cc1. The average Bonchev–Trinajstić information content (AvgIpc) is 3.05. The zero-order chi connectivity index (χ0) is 17.6. The van der Waals surface area contributed by atoms with Crippen molar-refractivity contribution in [3.63, 3.8) is 0 Å². The Morgan fingerprint density at radius 3 is 2.75 bits per heavy atom. The number of sulfonamides is 1. The Kier molecular flexibility index (Phi) is 6.70. The molecule has 8 heteroatoms. The summed E-state index contributed by atoms with van der Waals surface area (Å²) in [5.41, 5.74) is 0. The molecule has 1 N–H and O–H groups in total. The Balaban J connectivity index is 2.01. The van der Waals surface area contributed by atoms with E-state index in [4.69, 9.17) is 4.74 Å². The van der Waals surface area contributed by atoms with E-state index in [1.807, 2.05) is 6.92 Å². The molecule has 0 bridgehead atoms. The monoisotopic (exact) mass is 358 g/mol. The maximum Gasteiger partial charge on any atom is 0.243 e. The third-order valence-corrected chi connectivity index (χ3v) is 5.82. The number of carbonyl (C=O) groups is 1. The van der Waals surface area contributed by atoms with Gasteiger partial charge in [-0.05, 0) is 50.5 Å². The summed E-state index contributed by atoms with van der Waals surface area (Å²) in [6, 6.07) is 3.93. The molecule has 1 atom stereocenters. The van der Waals surface area contributed by atoms with Crippen molar-refractivity contribution in [3.05, 3.63) is 30.1 Å². The topological polar surface area (TPSA) is 75.7 Å². The van der Waals surface area contributed by atoms with Crippen molar-refractivity contribution < 1.29 is 22.3 Å². The minimum absolute atomic E-state index is 0.0000502. The summed E-state index contributed by atoms with van der Waals surface area (Å²) < 4.78 is 44.8. The molecule has 24 heavy (non-hydrogen) atoms. The van der Waals surface area contributed by atoms with Crippen LogP contribution in [0.1, 0.15) is 26.2 Å². The van der Waals surface area contributed by atoms with E-state index in [0.717, 1.165) is 12.1 Å². The zero-order valence-electron chi connectivity index (χ0n) is 13.7. The predicted octanol–water partition coefficient (Wildman–Crippen LogP) is 1.52. The number of amides is 1. The fraction of sp³-hybridized carbons (Fsp3) is 0.562. The Bertz CT molecular complexity index is 649. The smallest absolute Gasteiger partial charge is 0.243 e. The van der Waals surface area contributed by atoms with E-state index in [0.29, 0.717) is 39.0 Å². The number of hydrogen-bond donors (Lipinski definition) is 1. The summed E-state index contributed by atoms with van der Waals surface area (Å²) in [6.45, 7) is 3.81. The highest BCUT2D eigenvalue weighted by Crippen LogP contribution is 2.26. The lowest BCUT2D eigenvalue weighted by Gasteiger charge is -2.23. The molecule has 1 unspecified atom stereocenters. The Morgan fingerprint density at radius 1 is 1.38 bits per heavy atom. The van der Waals surface area contributed by atoms with Gasteiger partial charge in [-0.3, -0.25) is 4.79 Å². The molecule has 2 rings (SSSR count). The summed E-state index contributed by atoms with van der Waals surface area (Å²) in [5, 5.41) is 2.76. The number of ether oxygens (including phenoxy) is 1. The van der Waals surface area contributed by atoms with Crippen molar-refractivity contribution >= 4 is 15.9 Å². The summed E-state index contributed by atoms with van der Waals surface area (Å²) >= 11 is 0. The van der Waals surface area contributed by atoms with Crippen molar-refractivity contribution in [1.82, 2.24) is 9.62 Å². The molecular weight excluding hydrogens is 335 g/mol. The number of halogens is 1. The Labute approximate surface area is 142 Å². The van der Waals surface area contributed by atoms with Gasteiger partial charge < -0.3 is 10.1 Å². The number of hydrogen-bond acceptors (Lipinski definition) is 4. The molecule has 0 saturated carbocycles. The predicted molar refractivity (Wildman–Crippen MR) is 87.4 cm³/mol. The fourth-order valence-corrected chi connectivity index (χ4v) is 4.34. The van der Waals surface area contributed by atoms with Gasteiger partial charge in [-0.1, -0.05) is 0 Å². The van der Waals surface area contributed by atoms with Crippen LogP contribution in [-0.4, -0.2) is 51.0 Å². The number of carbonyl (C=O) groups excluding carboxylic acids is 1. The van der Waals surface area contributed by atoms with Gasteiger partial charge in [0, 0.05) is 26.3 Å². The first kappa shape index (κ1) is 18.8. The lowest BCUT2D eigenvalue weighted by atomic mass is 10.2. The maximum atomic E-state index is 13.0. The molecule has 0 radical (unpaired) electrons. The van der Waals surface area contributed by atoms with Gasteiger partial charge in [-0.25, -0.2) is 12.8 Å². The minimum atomic E-state index is -3.81. The molecule has 0 spiro atoms. The van der Waals surface area contributed by atoms with Gasteiger partial charge >= 0.3 is 0 Å². The van der Waals surface area contributed by atoms with Crippen molar-refractivity contribution in [3.8, 4) is 0 Å². The Hall–Kier alpha value is -1.51. The molecule has 1 aliphatic heterocycles. The van der Waals surface area contributed by atoms with Crippen LogP contribution in [0.5, 0.6) is 0 Å². The lowest BCUT2D eigenvalue weighted by Crippen LogP contribution is -2.46. The second kappa shape index (κ2) is 8.55. The number of nitrogens with zero attached hydrogens (tertiary/aromatic N) is 1. The van der Waals surface area contributed by atoms with Gasteiger partial charge in [0.1, 0.15) is 11.9 Å². The normalized spacial score (nSPS) is 18.7. The fourth-order valence-electron chi connectivity index (χ4n) is 2.68. The van der Waals surface area contributed by atoms with Gasteiger partial charge in [0.05, 0.1) is 4.90 Å². The van der Waals surface area contributed by atoms with Crippen molar-refractivity contribution in [2.45, 2.75) is 37.1 Å². The number of benzene rings is 1. The first-order valence-electron chi connectivity index (χ1n) is 8.09. The average molecular weight is 358 g/mol. The quantitative estimate of drug-likeness (QED) is 0.715. The van der Waals surface area contributed by atoms with Crippen molar-refractivity contribution in [2.24, 2.45) is 0 Å². The van der Waals surface area contributed by atoms with Gasteiger partial charge in [0.25, 0.3) is 0 Å². The highest BCUT2D eigenvalue weighted by molar-refractivity contribution is 7.89. The Morgan fingerprint density at radius 2 is 2.08 bits per heavy atom. The van der Waals surface area contributed by atoms with E-state index < -0.39 is 21.9 Å². The molecule has 1 heterocycles. The third kappa shape index (κ3) is 4.52. The number of nitrogens with one attached hydrogen (secondary N) is 1.